The molecular formula is C19H17F3N6O2. The van der Waals surface area contributed by atoms with Crippen LogP contribution in [-0.2, 0) is 10.9 Å². The van der Waals surface area contributed by atoms with Crippen LogP contribution >= 0.6 is 0 Å². The lowest BCUT2D eigenvalue weighted by molar-refractivity contribution is -0.137. The normalized spacial score (nSPS) is 10.9. The van der Waals surface area contributed by atoms with Crippen molar-refractivity contribution in [1.82, 2.24) is 15.0 Å². The number of benzene rings is 1. The molecular weight excluding hydrogens is 401 g/mol. The van der Waals surface area contributed by atoms with Gasteiger partial charge in [0.15, 0.2) is 0 Å². The number of pyridine rings is 1. The van der Waals surface area contributed by atoms with Crippen molar-refractivity contribution in [1.29, 1.82) is 0 Å². The van der Waals surface area contributed by atoms with Crippen molar-refractivity contribution in [3.63, 3.8) is 0 Å². The maximum absolute atomic E-state index is 12.8. The third kappa shape index (κ3) is 5.80. The molecule has 11 heteroatoms. The smallest absolute Gasteiger partial charge is 0.416 e. The van der Waals surface area contributed by atoms with Crippen molar-refractivity contribution in [2.24, 2.45) is 0 Å². The number of rotatable bonds is 6. The SMILES string of the molecule is CCOC(=O)Nc1cnc(Nc2ccc(Nc3cccc(C(F)(F)F)c3)nc2)nc1. The van der Waals surface area contributed by atoms with Crippen LogP contribution < -0.4 is 16.0 Å². The number of hydrogen-bond acceptors (Lipinski definition) is 7. The fourth-order valence-electron chi connectivity index (χ4n) is 2.33. The third-order valence-corrected chi connectivity index (χ3v) is 3.66. The van der Waals surface area contributed by atoms with Crippen molar-refractivity contribution < 1.29 is 22.7 Å². The van der Waals surface area contributed by atoms with Gasteiger partial charge in [-0.2, -0.15) is 13.2 Å². The number of carbonyl (C=O) groups excluding carboxylic acids is 1. The fraction of sp³-hybridized carbons (Fsp3) is 0.158. The molecule has 3 aromatic rings. The zero-order valence-electron chi connectivity index (χ0n) is 15.7. The Bertz CT molecular complexity index is 994. The summed E-state index contributed by atoms with van der Waals surface area (Å²) in [6.07, 6.45) is -0.730. The van der Waals surface area contributed by atoms with Gasteiger partial charge in [-0.05, 0) is 37.3 Å². The van der Waals surface area contributed by atoms with Gasteiger partial charge in [0, 0.05) is 5.69 Å². The van der Waals surface area contributed by atoms with E-state index in [1.54, 1.807) is 19.1 Å². The Hall–Kier alpha value is -3.89. The van der Waals surface area contributed by atoms with Crippen LogP contribution in [0.4, 0.5) is 46.8 Å². The lowest BCUT2D eigenvalue weighted by Crippen LogP contribution is -2.13. The summed E-state index contributed by atoms with van der Waals surface area (Å²) < 4.78 is 43.2. The van der Waals surface area contributed by atoms with Gasteiger partial charge in [0.1, 0.15) is 5.82 Å². The molecule has 3 rings (SSSR count). The summed E-state index contributed by atoms with van der Waals surface area (Å²) in [5, 5.41) is 8.22. The summed E-state index contributed by atoms with van der Waals surface area (Å²) >= 11 is 0. The maximum Gasteiger partial charge on any atom is 0.416 e. The second kappa shape index (κ2) is 9.07. The lowest BCUT2D eigenvalue weighted by Gasteiger charge is -2.11. The number of nitrogens with zero attached hydrogens (tertiary/aromatic N) is 3. The Kier molecular flexibility index (Phi) is 6.30. The van der Waals surface area contributed by atoms with Gasteiger partial charge in [-0.1, -0.05) is 6.07 Å². The fourth-order valence-corrected chi connectivity index (χ4v) is 2.33. The average Bonchev–Trinajstić information content (AvgIpc) is 2.71. The highest BCUT2D eigenvalue weighted by atomic mass is 19.4. The minimum atomic E-state index is -4.42. The number of alkyl halides is 3. The minimum Gasteiger partial charge on any atom is -0.450 e. The molecule has 0 fully saturated rings. The second-order valence-electron chi connectivity index (χ2n) is 5.90. The van der Waals surface area contributed by atoms with Crippen LogP contribution in [0, 0.1) is 0 Å². The molecule has 0 bridgehead atoms. The number of nitrogens with one attached hydrogen (secondary N) is 3. The summed E-state index contributed by atoms with van der Waals surface area (Å²) in [5.41, 5.74) is 0.461. The quantitative estimate of drug-likeness (QED) is 0.521. The van der Waals surface area contributed by atoms with E-state index in [0.717, 1.165) is 12.1 Å². The number of aromatic nitrogens is 3. The summed E-state index contributed by atoms with van der Waals surface area (Å²) in [7, 11) is 0. The summed E-state index contributed by atoms with van der Waals surface area (Å²) in [4.78, 5) is 23.6. The van der Waals surface area contributed by atoms with E-state index in [1.807, 2.05) is 0 Å². The summed E-state index contributed by atoms with van der Waals surface area (Å²) in [6.45, 7) is 1.94. The average molecular weight is 418 g/mol. The molecule has 0 saturated carbocycles. The highest BCUT2D eigenvalue weighted by Gasteiger charge is 2.30. The third-order valence-electron chi connectivity index (χ3n) is 3.66. The van der Waals surface area contributed by atoms with Crippen molar-refractivity contribution in [2.75, 3.05) is 22.6 Å². The molecule has 1 aromatic carbocycles. The van der Waals surface area contributed by atoms with Crippen LogP contribution in [0.2, 0.25) is 0 Å². The molecule has 0 saturated heterocycles. The number of amides is 1. The van der Waals surface area contributed by atoms with Crippen LogP contribution in [0.3, 0.4) is 0 Å². The van der Waals surface area contributed by atoms with Crippen LogP contribution in [0.25, 0.3) is 0 Å². The predicted octanol–water partition coefficient (Wildman–Crippen LogP) is 4.95. The number of halogens is 3. The van der Waals surface area contributed by atoms with Crippen LogP contribution in [-0.4, -0.2) is 27.7 Å². The topological polar surface area (TPSA) is 101 Å². The standard InChI is InChI=1S/C19H17F3N6O2/c1-2-30-18(29)28-15-10-24-17(25-11-15)27-14-6-7-16(23-9-14)26-13-5-3-4-12(8-13)19(20,21)22/h3-11H,2H2,1H3,(H,23,26)(H,28,29)(H,24,25,27). The first-order valence-electron chi connectivity index (χ1n) is 8.76. The molecule has 0 aliphatic rings. The Balaban J connectivity index is 1.60. The molecule has 2 heterocycles. The van der Waals surface area contributed by atoms with E-state index < -0.39 is 17.8 Å². The molecule has 0 unspecified atom stereocenters. The minimum absolute atomic E-state index is 0.248. The summed E-state index contributed by atoms with van der Waals surface area (Å²) in [5.74, 6) is 0.638. The molecule has 3 N–H and O–H groups in total. The maximum atomic E-state index is 12.8. The van der Waals surface area contributed by atoms with Gasteiger partial charge < -0.3 is 15.4 Å². The lowest BCUT2D eigenvalue weighted by atomic mass is 10.2. The predicted molar refractivity (Wildman–Crippen MR) is 105 cm³/mol. The van der Waals surface area contributed by atoms with Gasteiger partial charge in [-0.3, -0.25) is 5.32 Å². The van der Waals surface area contributed by atoms with Gasteiger partial charge in [-0.25, -0.2) is 19.7 Å². The molecule has 0 radical (unpaired) electrons. The van der Waals surface area contributed by atoms with Crippen molar-refractivity contribution in [2.45, 2.75) is 13.1 Å². The molecule has 0 atom stereocenters. The van der Waals surface area contributed by atoms with E-state index in [1.165, 1.54) is 30.7 Å². The zero-order valence-corrected chi connectivity index (χ0v) is 15.7. The highest BCUT2D eigenvalue weighted by molar-refractivity contribution is 5.84. The van der Waals surface area contributed by atoms with Gasteiger partial charge in [0.05, 0.1) is 42.1 Å². The Labute approximate surface area is 169 Å². The first-order valence-corrected chi connectivity index (χ1v) is 8.76. The van der Waals surface area contributed by atoms with Crippen molar-refractivity contribution in [3.05, 3.63) is 60.6 Å². The van der Waals surface area contributed by atoms with Crippen molar-refractivity contribution >= 4 is 34.9 Å². The molecule has 30 heavy (non-hydrogen) atoms. The number of carbonyl (C=O) groups is 1. The highest BCUT2D eigenvalue weighted by Crippen LogP contribution is 2.31. The molecule has 0 aliphatic heterocycles. The molecule has 0 aliphatic carbocycles. The van der Waals surface area contributed by atoms with E-state index in [-0.39, 0.29) is 18.2 Å². The second-order valence-corrected chi connectivity index (χ2v) is 5.90. The van der Waals surface area contributed by atoms with Crippen LogP contribution in [0.1, 0.15) is 12.5 Å². The Morgan fingerprint density at radius 3 is 2.33 bits per heavy atom. The van der Waals surface area contributed by atoms with Gasteiger partial charge >= 0.3 is 12.3 Å². The molecule has 8 nitrogen and oxygen atoms in total. The van der Waals surface area contributed by atoms with E-state index in [4.69, 9.17) is 4.74 Å². The van der Waals surface area contributed by atoms with E-state index >= 15 is 0 Å². The van der Waals surface area contributed by atoms with Crippen LogP contribution in [0.5, 0.6) is 0 Å². The van der Waals surface area contributed by atoms with Gasteiger partial charge in [0.25, 0.3) is 0 Å². The van der Waals surface area contributed by atoms with Gasteiger partial charge in [-0.15, -0.1) is 0 Å². The molecule has 2 aromatic heterocycles. The van der Waals surface area contributed by atoms with Crippen LogP contribution in [0.15, 0.2) is 55.0 Å². The van der Waals surface area contributed by atoms with E-state index in [0.29, 0.717) is 17.2 Å². The van der Waals surface area contributed by atoms with E-state index in [9.17, 15) is 18.0 Å². The van der Waals surface area contributed by atoms with E-state index in [2.05, 4.69) is 30.9 Å². The Morgan fingerprint density at radius 1 is 0.967 bits per heavy atom. The van der Waals surface area contributed by atoms with Crippen molar-refractivity contribution in [3.8, 4) is 0 Å². The molecule has 0 spiro atoms. The first-order chi connectivity index (χ1) is 14.3. The Morgan fingerprint density at radius 2 is 1.70 bits per heavy atom. The first kappa shape index (κ1) is 20.8. The zero-order chi connectivity index (χ0) is 21.6. The largest absolute Gasteiger partial charge is 0.450 e. The number of ether oxygens (including phenoxy) is 1. The molecule has 1 amide bonds. The number of anilines is 5. The molecule has 156 valence electrons. The summed E-state index contributed by atoms with van der Waals surface area (Å²) in [6, 6.07) is 8.10. The van der Waals surface area contributed by atoms with Gasteiger partial charge in [0.2, 0.25) is 5.95 Å². The number of hydrogen-bond donors (Lipinski definition) is 3. The monoisotopic (exact) mass is 418 g/mol.